The van der Waals surface area contributed by atoms with Crippen molar-refractivity contribution >= 4 is 23.5 Å². The van der Waals surface area contributed by atoms with Gasteiger partial charge < -0.3 is 25.1 Å². The molecule has 0 aromatic heterocycles. The minimum Gasteiger partial charge on any atom is -0.550 e. The lowest BCUT2D eigenvalue weighted by Crippen LogP contribution is -2.25. The molecule has 0 heterocycles. The Bertz CT molecular complexity index is 495. The van der Waals surface area contributed by atoms with Crippen molar-refractivity contribution in [2.24, 2.45) is 0 Å². The molecule has 1 rings (SSSR count). The van der Waals surface area contributed by atoms with Gasteiger partial charge in [-0.2, -0.15) is 0 Å². The summed E-state index contributed by atoms with van der Waals surface area (Å²) in [6.07, 6.45) is -0.609. The van der Waals surface area contributed by atoms with Crippen LogP contribution in [0, 0.1) is 6.92 Å². The molecule has 6 nitrogen and oxygen atoms in total. The van der Waals surface area contributed by atoms with E-state index in [1.54, 1.807) is 0 Å². The Morgan fingerprint density at radius 1 is 1.17 bits per heavy atom. The number of nitrogens with one attached hydrogen (secondary N) is 1. The van der Waals surface area contributed by atoms with Crippen molar-refractivity contribution in [3.63, 3.8) is 0 Å². The van der Waals surface area contributed by atoms with Crippen molar-refractivity contribution in [2.75, 3.05) is 5.32 Å². The van der Waals surface area contributed by atoms with Crippen molar-refractivity contribution in [1.29, 1.82) is 0 Å². The van der Waals surface area contributed by atoms with Crippen LogP contribution in [-0.2, 0) is 9.59 Å². The Morgan fingerprint density at radius 2 is 1.83 bits per heavy atom. The lowest BCUT2D eigenvalue weighted by Gasteiger charge is -2.13. The van der Waals surface area contributed by atoms with Gasteiger partial charge in [0, 0.05) is 23.6 Å². The number of aromatic carboxylic acids is 1. The summed E-state index contributed by atoms with van der Waals surface area (Å²) in [5, 5.41) is 23.4. The third-order valence-electron chi connectivity index (χ3n) is 2.38. The molecule has 0 saturated carbocycles. The number of rotatable bonds is 5. The second-order valence-electron chi connectivity index (χ2n) is 3.69. The molecule has 0 fully saturated rings. The highest BCUT2D eigenvalue weighted by atomic mass is 16.4. The van der Waals surface area contributed by atoms with Gasteiger partial charge in [0.15, 0.2) is 0 Å². The molecule has 1 aromatic rings. The summed E-state index contributed by atoms with van der Waals surface area (Å²) in [6.45, 7) is 1.53. The molecule has 0 atom stereocenters. The van der Waals surface area contributed by atoms with Gasteiger partial charge in [0.05, 0.1) is 5.97 Å². The summed E-state index contributed by atoms with van der Waals surface area (Å²) in [6, 6.07) is 4.35. The highest BCUT2D eigenvalue weighted by Crippen LogP contribution is 2.18. The van der Waals surface area contributed by atoms with Gasteiger partial charge in [0.2, 0.25) is 5.91 Å². The molecule has 0 aliphatic heterocycles. The maximum absolute atomic E-state index is 11.4. The number of amides is 1. The van der Waals surface area contributed by atoms with Crippen LogP contribution in [0.15, 0.2) is 18.2 Å². The largest absolute Gasteiger partial charge is 0.550 e. The van der Waals surface area contributed by atoms with E-state index in [0.29, 0.717) is 11.3 Å². The SMILES string of the molecule is Cc1c(NC(=O)CCC(=O)[O-])cccc1C(=O)[O-]. The minimum absolute atomic E-state index is 0.0206. The van der Waals surface area contributed by atoms with Crippen molar-refractivity contribution in [3.8, 4) is 0 Å². The Morgan fingerprint density at radius 3 is 2.39 bits per heavy atom. The minimum atomic E-state index is -1.33. The smallest absolute Gasteiger partial charge is 0.224 e. The second kappa shape index (κ2) is 5.81. The van der Waals surface area contributed by atoms with E-state index in [2.05, 4.69) is 5.32 Å². The zero-order valence-corrected chi connectivity index (χ0v) is 9.69. The van der Waals surface area contributed by atoms with Gasteiger partial charge in [0.1, 0.15) is 0 Å². The van der Waals surface area contributed by atoms with E-state index >= 15 is 0 Å². The van der Waals surface area contributed by atoms with E-state index in [-0.39, 0.29) is 18.4 Å². The molecule has 18 heavy (non-hydrogen) atoms. The zero-order valence-electron chi connectivity index (χ0n) is 9.69. The lowest BCUT2D eigenvalue weighted by molar-refractivity contribution is -0.305. The van der Waals surface area contributed by atoms with Gasteiger partial charge in [-0.1, -0.05) is 12.1 Å². The molecular formula is C12H11NO5-2. The van der Waals surface area contributed by atoms with Crippen LogP contribution >= 0.6 is 0 Å². The Balaban J connectivity index is 2.79. The average molecular weight is 249 g/mol. The number of hydrogen-bond acceptors (Lipinski definition) is 5. The van der Waals surface area contributed by atoms with Gasteiger partial charge in [-0.25, -0.2) is 0 Å². The van der Waals surface area contributed by atoms with E-state index in [1.165, 1.54) is 25.1 Å². The molecular weight excluding hydrogens is 238 g/mol. The predicted molar refractivity (Wildman–Crippen MR) is 58.4 cm³/mol. The van der Waals surface area contributed by atoms with E-state index < -0.39 is 17.8 Å². The number of aliphatic carboxylic acids is 1. The summed E-state index contributed by atoms with van der Waals surface area (Å²) in [5.41, 5.74) is 0.659. The van der Waals surface area contributed by atoms with Crippen LogP contribution in [0.2, 0.25) is 0 Å². The van der Waals surface area contributed by atoms with Gasteiger partial charge in [-0.05, 0) is 25.0 Å². The van der Waals surface area contributed by atoms with Crippen LogP contribution < -0.4 is 15.5 Å². The van der Waals surface area contributed by atoms with Crippen molar-refractivity contribution in [1.82, 2.24) is 0 Å². The van der Waals surface area contributed by atoms with Crippen LogP contribution in [-0.4, -0.2) is 17.8 Å². The number of carboxylic acids is 2. The molecule has 1 aromatic carbocycles. The molecule has 0 spiro atoms. The third kappa shape index (κ3) is 3.58. The average Bonchev–Trinajstić information content (AvgIpc) is 2.29. The molecule has 0 aliphatic rings. The van der Waals surface area contributed by atoms with E-state index in [9.17, 15) is 24.6 Å². The summed E-state index contributed by atoms with van der Waals surface area (Å²) in [4.78, 5) is 32.3. The summed E-state index contributed by atoms with van der Waals surface area (Å²) >= 11 is 0. The molecule has 0 saturated heterocycles. The fourth-order valence-corrected chi connectivity index (χ4v) is 1.42. The Hall–Kier alpha value is -2.37. The van der Waals surface area contributed by atoms with Crippen LogP contribution in [0.4, 0.5) is 5.69 Å². The Labute approximate surface area is 103 Å². The summed E-state index contributed by atoms with van der Waals surface area (Å²) in [7, 11) is 0. The number of carboxylic acid groups (broad SMARTS) is 2. The first-order chi connectivity index (χ1) is 8.41. The summed E-state index contributed by atoms with van der Waals surface area (Å²) < 4.78 is 0. The molecule has 0 unspecified atom stereocenters. The number of carbonyl (C=O) groups excluding carboxylic acids is 3. The molecule has 1 amide bonds. The number of hydrogen-bond donors (Lipinski definition) is 1. The van der Waals surface area contributed by atoms with Crippen molar-refractivity contribution < 1.29 is 24.6 Å². The van der Waals surface area contributed by atoms with Crippen molar-refractivity contribution in [2.45, 2.75) is 19.8 Å². The van der Waals surface area contributed by atoms with E-state index in [0.717, 1.165) is 0 Å². The third-order valence-corrected chi connectivity index (χ3v) is 2.38. The zero-order chi connectivity index (χ0) is 13.7. The monoisotopic (exact) mass is 249 g/mol. The topological polar surface area (TPSA) is 109 Å². The lowest BCUT2D eigenvalue weighted by atomic mass is 10.1. The van der Waals surface area contributed by atoms with Gasteiger partial charge >= 0.3 is 0 Å². The number of carbonyl (C=O) groups is 3. The summed E-state index contributed by atoms with van der Waals surface area (Å²) in [5.74, 6) is -3.17. The van der Waals surface area contributed by atoms with Gasteiger partial charge in [-0.15, -0.1) is 0 Å². The first-order valence-electron chi connectivity index (χ1n) is 5.22. The highest BCUT2D eigenvalue weighted by Gasteiger charge is 2.08. The van der Waals surface area contributed by atoms with E-state index in [4.69, 9.17) is 0 Å². The molecule has 1 N–H and O–H groups in total. The standard InChI is InChI=1S/C12H13NO5/c1-7-8(12(17)18)3-2-4-9(7)13-10(14)5-6-11(15)16/h2-4H,5-6H2,1H3,(H,13,14)(H,15,16)(H,17,18)/p-2. The first kappa shape index (κ1) is 13.7. The molecule has 6 heteroatoms. The molecule has 0 aliphatic carbocycles. The van der Waals surface area contributed by atoms with Gasteiger partial charge in [0.25, 0.3) is 0 Å². The fourth-order valence-electron chi connectivity index (χ4n) is 1.42. The maximum atomic E-state index is 11.4. The van der Waals surface area contributed by atoms with Crippen LogP contribution in [0.3, 0.4) is 0 Å². The van der Waals surface area contributed by atoms with Gasteiger partial charge in [-0.3, -0.25) is 4.79 Å². The second-order valence-corrected chi connectivity index (χ2v) is 3.69. The van der Waals surface area contributed by atoms with Crippen LogP contribution in [0.1, 0.15) is 28.8 Å². The van der Waals surface area contributed by atoms with E-state index in [1.807, 2.05) is 0 Å². The Kier molecular flexibility index (Phi) is 4.42. The first-order valence-corrected chi connectivity index (χ1v) is 5.22. The fraction of sp³-hybridized carbons (Fsp3) is 0.250. The highest BCUT2D eigenvalue weighted by molar-refractivity contribution is 5.96. The normalized spacial score (nSPS) is 9.83. The predicted octanol–water partition coefficient (Wildman–Crippen LogP) is -1.17. The van der Waals surface area contributed by atoms with Crippen LogP contribution in [0.25, 0.3) is 0 Å². The molecule has 96 valence electrons. The molecule has 0 bridgehead atoms. The van der Waals surface area contributed by atoms with Crippen molar-refractivity contribution in [3.05, 3.63) is 29.3 Å². The maximum Gasteiger partial charge on any atom is 0.224 e. The quantitative estimate of drug-likeness (QED) is 0.706. The number of benzene rings is 1. The number of anilines is 1. The van der Waals surface area contributed by atoms with Crippen LogP contribution in [0.5, 0.6) is 0 Å². The molecule has 0 radical (unpaired) electrons.